The van der Waals surface area contributed by atoms with E-state index in [1.54, 1.807) is 0 Å². The molecule has 0 bridgehead atoms. The fourth-order valence-corrected chi connectivity index (χ4v) is 2.99. The summed E-state index contributed by atoms with van der Waals surface area (Å²) in [6, 6.07) is 0. The largest absolute Gasteiger partial charge is 0.330 e. The summed E-state index contributed by atoms with van der Waals surface area (Å²) in [5.74, 6) is 0. The summed E-state index contributed by atoms with van der Waals surface area (Å²) in [4.78, 5) is 18.8. The minimum Gasteiger partial charge on any atom is -0.328 e. The van der Waals surface area contributed by atoms with Gasteiger partial charge in [0.25, 0.3) is 0 Å². The summed E-state index contributed by atoms with van der Waals surface area (Å²) in [5, 5.41) is -0.410. The number of halogens is 2. The molecule has 6 nitrogen and oxygen atoms in total. The lowest BCUT2D eigenvalue weighted by molar-refractivity contribution is 0.160. The zero-order valence-corrected chi connectivity index (χ0v) is 15.8. The molecule has 0 aliphatic rings. The van der Waals surface area contributed by atoms with Crippen molar-refractivity contribution in [2.75, 3.05) is 13.2 Å². The van der Waals surface area contributed by atoms with Crippen LogP contribution in [0, 0.1) is 0 Å². The van der Waals surface area contributed by atoms with Gasteiger partial charge in [-0.2, -0.15) is 0 Å². The normalized spacial score (nSPS) is 18.0. The van der Waals surface area contributed by atoms with E-state index in [9.17, 15) is 9.79 Å². The molecule has 0 aliphatic heterocycles. The molecule has 4 atom stereocenters. The number of hydrogen-bond acceptors (Lipinski definition) is 6. The number of rotatable bonds is 12. The Morgan fingerprint density at radius 3 is 1.58 bits per heavy atom. The highest BCUT2D eigenvalue weighted by Crippen LogP contribution is 2.38. The zero-order chi connectivity index (χ0) is 14.7. The third-order valence-electron chi connectivity index (χ3n) is 1.74. The van der Waals surface area contributed by atoms with Gasteiger partial charge in [-0.25, -0.2) is 0 Å². The molecule has 4 unspecified atom stereocenters. The van der Waals surface area contributed by atoms with Crippen molar-refractivity contribution in [1.82, 2.24) is 0 Å². The van der Waals surface area contributed by atoms with Crippen molar-refractivity contribution >= 4 is 49.1 Å². The molecule has 0 aromatic rings. The SMILES string of the molecule is CCC(Br)OP(O)OCCCOP(O)OC(Br)CC. The van der Waals surface area contributed by atoms with E-state index in [1.165, 1.54) is 0 Å². The molecular formula is C9H20Br2O6P2. The molecule has 19 heavy (non-hydrogen) atoms. The molecule has 0 saturated heterocycles. The standard InChI is InChI=1S/C9H20Br2O6P2/c1-3-8(10)16-18(12)14-6-5-7-15-19(13)17-9(11)4-2/h8-9,12-13H,3-7H2,1-2H3. The Balaban J connectivity index is 3.44. The van der Waals surface area contributed by atoms with E-state index in [0.29, 0.717) is 19.6 Å². The first kappa shape index (κ1) is 20.6. The Morgan fingerprint density at radius 1 is 0.895 bits per heavy atom. The average Bonchev–Trinajstić information content (AvgIpc) is 2.37. The van der Waals surface area contributed by atoms with E-state index < -0.39 is 17.2 Å². The first-order valence-corrected chi connectivity index (χ1v) is 9.94. The van der Waals surface area contributed by atoms with E-state index in [4.69, 9.17) is 18.1 Å². The summed E-state index contributed by atoms with van der Waals surface area (Å²) >= 11 is 6.45. The lowest BCUT2D eigenvalue weighted by Gasteiger charge is -2.15. The summed E-state index contributed by atoms with van der Waals surface area (Å²) in [6.45, 7) is 4.43. The van der Waals surface area contributed by atoms with Crippen molar-refractivity contribution in [3.8, 4) is 0 Å². The molecular weight excluding hydrogens is 426 g/mol. The van der Waals surface area contributed by atoms with Crippen LogP contribution < -0.4 is 0 Å². The van der Waals surface area contributed by atoms with Crippen LogP contribution in [0.15, 0.2) is 0 Å². The minimum absolute atomic E-state index is 0.205. The van der Waals surface area contributed by atoms with Crippen LogP contribution in [0.3, 0.4) is 0 Å². The number of alkyl halides is 2. The number of hydrogen-bond donors (Lipinski definition) is 2. The minimum atomic E-state index is -1.87. The quantitative estimate of drug-likeness (QED) is 0.267. The maximum absolute atomic E-state index is 9.38. The molecule has 116 valence electrons. The van der Waals surface area contributed by atoms with E-state index in [-0.39, 0.29) is 10.0 Å². The fourth-order valence-electron chi connectivity index (χ4n) is 0.750. The Morgan fingerprint density at radius 2 is 1.26 bits per heavy atom. The summed E-state index contributed by atoms with van der Waals surface area (Å²) in [5.41, 5.74) is 0. The molecule has 0 aromatic carbocycles. The lowest BCUT2D eigenvalue weighted by atomic mass is 10.5. The monoisotopic (exact) mass is 444 g/mol. The second-order valence-corrected chi connectivity index (χ2v) is 7.28. The molecule has 10 heteroatoms. The molecule has 0 radical (unpaired) electrons. The smallest absolute Gasteiger partial charge is 0.328 e. The molecule has 0 spiro atoms. The topological polar surface area (TPSA) is 77.4 Å². The molecule has 2 N–H and O–H groups in total. The Kier molecular flexibility index (Phi) is 14.4. The van der Waals surface area contributed by atoms with E-state index >= 15 is 0 Å². The third kappa shape index (κ3) is 13.0. The molecule has 0 rings (SSSR count). The van der Waals surface area contributed by atoms with E-state index in [2.05, 4.69) is 31.9 Å². The van der Waals surface area contributed by atoms with Crippen LogP contribution in [0.5, 0.6) is 0 Å². The highest BCUT2D eigenvalue weighted by molar-refractivity contribution is 9.09. The van der Waals surface area contributed by atoms with Gasteiger partial charge in [0.15, 0.2) is 0 Å². The van der Waals surface area contributed by atoms with Crippen molar-refractivity contribution < 1.29 is 27.9 Å². The van der Waals surface area contributed by atoms with Crippen molar-refractivity contribution in [3.63, 3.8) is 0 Å². The molecule has 0 amide bonds. The predicted octanol–water partition coefficient (Wildman–Crippen LogP) is 4.14. The van der Waals surface area contributed by atoms with Gasteiger partial charge in [0, 0.05) is 0 Å². The Labute approximate surface area is 133 Å². The van der Waals surface area contributed by atoms with Gasteiger partial charge in [0.1, 0.15) is 10.0 Å². The summed E-state index contributed by atoms with van der Waals surface area (Å²) in [6.07, 6.45) is 2.01. The van der Waals surface area contributed by atoms with Crippen molar-refractivity contribution in [1.29, 1.82) is 0 Å². The van der Waals surface area contributed by atoms with Gasteiger partial charge in [-0.3, -0.25) is 9.05 Å². The lowest BCUT2D eigenvalue weighted by Crippen LogP contribution is -2.03. The third-order valence-corrected chi connectivity index (χ3v) is 5.67. The van der Waals surface area contributed by atoms with Gasteiger partial charge in [-0.1, -0.05) is 45.7 Å². The van der Waals surface area contributed by atoms with Crippen LogP contribution in [0.2, 0.25) is 0 Å². The van der Waals surface area contributed by atoms with Crippen LogP contribution >= 0.6 is 49.1 Å². The second-order valence-electron chi connectivity index (χ2n) is 3.34. The fraction of sp³-hybridized carbons (Fsp3) is 1.00. The highest BCUT2D eigenvalue weighted by Gasteiger charge is 2.13. The van der Waals surface area contributed by atoms with Gasteiger partial charge >= 0.3 is 17.2 Å². The van der Waals surface area contributed by atoms with Crippen LogP contribution in [-0.4, -0.2) is 33.0 Å². The highest BCUT2D eigenvalue weighted by atomic mass is 79.9. The van der Waals surface area contributed by atoms with E-state index in [0.717, 1.165) is 12.8 Å². The molecule has 0 heterocycles. The van der Waals surface area contributed by atoms with Crippen molar-refractivity contribution in [2.45, 2.75) is 43.1 Å². The Bertz CT molecular complexity index is 197. The van der Waals surface area contributed by atoms with Gasteiger partial charge in [-0.05, 0) is 19.3 Å². The van der Waals surface area contributed by atoms with Crippen LogP contribution in [-0.2, 0) is 18.1 Å². The van der Waals surface area contributed by atoms with Crippen molar-refractivity contribution in [3.05, 3.63) is 0 Å². The molecule has 0 aromatic heterocycles. The maximum atomic E-state index is 9.38. The first-order chi connectivity index (χ1) is 8.99. The van der Waals surface area contributed by atoms with E-state index in [1.807, 2.05) is 13.8 Å². The van der Waals surface area contributed by atoms with Gasteiger partial charge in [-0.15, -0.1) is 0 Å². The summed E-state index contributed by atoms with van der Waals surface area (Å²) in [7, 11) is -3.75. The second kappa shape index (κ2) is 13.3. The maximum Gasteiger partial charge on any atom is 0.330 e. The van der Waals surface area contributed by atoms with Crippen LogP contribution in [0.1, 0.15) is 33.1 Å². The molecule has 0 fully saturated rings. The average molecular weight is 446 g/mol. The molecule has 0 saturated carbocycles. The van der Waals surface area contributed by atoms with Gasteiger partial charge in [0.2, 0.25) is 0 Å². The summed E-state index contributed by atoms with van der Waals surface area (Å²) < 4.78 is 20.3. The first-order valence-electron chi connectivity index (χ1n) is 5.85. The van der Waals surface area contributed by atoms with Crippen LogP contribution in [0.25, 0.3) is 0 Å². The van der Waals surface area contributed by atoms with Gasteiger partial charge < -0.3 is 18.8 Å². The zero-order valence-electron chi connectivity index (χ0n) is 10.9. The van der Waals surface area contributed by atoms with Crippen LogP contribution in [0.4, 0.5) is 0 Å². The Hall–Kier alpha value is 1.58. The van der Waals surface area contributed by atoms with Gasteiger partial charge in [0.05, 0.1) is 13.2 Å². The van der Waals surface area contributed by atoms with Crippen molar-refractivity contribution in [2.24, 2.45) is 0 Å². The predicted molar refractivity (Wildman–Crippen MR) is 83.0 cm³/mol. The molecule has 0 aliphatic carbocycles.